The zero-order chi connectivity index (χ0) is 15.3. The highest BCUT2D eigenvalue weighted by Crippen LogP contribution is 2.31. The number of H-pyrrole nitrogens is 1. The van der Waals surface area contributed by atoms with Crippen LogP contribution >= 0.6 is 11.6 Å². The molecule has 4 aromatic rings. The van der Waals surface area contributed by atoms with Gasteiger partial charge in [-0.05, 0) is 36.4 Å². The Hall–Kier alpha value is -2.46. The summed E-state index contributed by atoms with van der Waals surface area (Å²) < 4.78 is 7.45. The first-order valence-corrected chi connectivity index (χ1v) is 7.31. The second-order valence-corrected chi connectivity index (χ2v) is 5.72. The molecule has 3 aromatic heterocycles. The van der Waals surface area contributed by atoms with Gasteiger partial charge in [0, 0.05) is 29.5 Å². The Balaban J connectivity index is 1.93. The number of hydrogen-bond acceptors (Lipinski definition) is 2. The molecule has 0 atom stereocenters. The number of halogens is 1. The van der Waals surface area contributed by atoms with Gasteiger partial charge in [-0.25, -0.2) is 4.98 Å². The number of ether oxygens (including phenoxy) is 1. The number of nitrogens with zero attached hydrogens (tertiary/aromatic N) is 2. The molecule has 3 heterocycles. The molecule has 0 fully saturated rings. The first-order chi connectivity index (χ1) is 10.7. The van der Waals surface area contributed by atoms with Gasteiger partial charge in [-0.3, -0.25) is 0 Å². The Morgan fingerprint density at radius 3 is 2.82 bits per heavy atom. The van der Waals surface area contributed by atoms with Crippen molar-refractivity contribution in [2.45, 2.75) is 0 Å². The smallest absolute Gasteiger partial charge is 0.137 e. The van der Waals surface area contributed by atoms with E-state index in [9.17, 15) is 0 Å². The fraction of sp³-hybridized carbons (Fsp3) is 0.118. The quantitative estimate of drug-likeness (QED) is 0.597. The zero-order valence-electron chi connectivity index (χ0n) is 12.2. The summed E-state index contributed by atoms with van der Waals surface area (Å²) in [4.78, 5) is 7.67. The van der Waals surface area contributed by atoms with E-state index in [1.807, 2.05) is 18.2 Å². The number of rotatable bonds is 2. The second kappa shape index (κ2) is 4.78. The first-order valence-electron chi connectivity index (χ1n) is 6.94. The van der Waals surface area contributed by atoms with Crippen molar-refractivity contribution in [1.29, 1.82) is 0 Å². The number of fused-ring (bicyclic) bond motifs is 2. The Labute approximate surface area is 132 Å². The van der Waals surface area contributed by atoms with Gasteiger partial charge in [-0.2, -0.15) is 0 Å². The fourth-order valence-corrected chi connectivity index (χ4v) is 3.01. The van der Waals surface area contributed by atoms with Crippen LogP contribution in [0.2, 0.25) is 5.02 Å². The van der Waals surface area contributed by atoms with E-state index in [0.717, 1.165) is 39.1 Å². The number of pyridine rings is 1. The summed E-state index contributed by atoms with van der Waals surface area (Å²) in [5.41, 5.74) is 4.10. The van der Waals surface area contributed by atoms with E-state index in [4.69, 9.17) is 16.3 Å². The molecular formula is C17H14ClN3O. The fourth-order valence-electron chi connectivity index (χ4n) is 2.84. The van der Waals surface area contributed by atoms with Gasteiger partial charge in [0.15, 0.2) is 0 Å². The van der Waals surface area contributed by atoms with Gasteiger partial charge in [0.05, 0.1) is 23.5 Å². The SMILES string of the molecule is COc1ccc2c(c1)cc(-c1cc3cc(Cl)cnc3[nH]1)n2C. The lowest BCUT2D eigenvalue weighted by atomic mass is 10.2. The van der Waals surface area contributed by atoms with Gasteiger partial charge < -0.3 is 14.3 Å². The van der Waals surface area contributed by atoms with Crippen molar-refractivity contribution >= 4 is 33.5 Å². The van der Waals surface area contributed by atoms with Crippen molar-refractivity contribution in [2.24, 2.45) is 7.05 Å². The second-order valence-electron chi connectivity index (χ2n) is 5.29. The minimum Gasteiger partial charge on any atom is -0.497 e. The van der Waals surface area contributed by atoms with E-state index in [-0.39, 0.29) is 0 Å². The van der Waals surface area contributed by atoms with E-state index in [0.29, 0.717) is 5.02 Å². The Kier molecular flexibility index (Phi) is 2.87. The molecule has 0 aliphatic rings. The van der Waals surface area contributed by atoms with Gasteiger partial charge in [0.25, 0.3) is 0 Å². The van der Waals surface area contributed by atoms with Crippen LogP contribution in [0.3, 0.4) is 0 Å². The Morgan fingerprint density at radius 2 is 2.00 bits per heavy atom. The molecular weight excluding hydrogens is 298 g/mol. The number of benzene rings is 1. The lowest BCUT2D eigenvalue weighted by molar-refractivity contribution is 0.415. The van der Waals surface area contributed by atoms with Crippen LogP contribution in [0.15, 0.2) is 42.6 Å². The highest BCUT2D eigenvalue weighted by atomic mass is 35.5. The molecule has 1 N–H and O–H groups in total. The number of methoxy groups -OCH3 is 1. The van der Waals surface area contributed by atoms with Crippen LogP contribution in [0, 0.1) is 0 Å². The van der Waals surface area contributed by atoms with E-state index < -0.39 is 0 Å². The predicted octanol–water partition coefficient (Wildman–Crippen LogP) is 4.38. The van der Waals surface area contributed by atoms with Crippen molar-refractivity contribution in [3.63, 3.8) is 0 Å². The third kappa shape index (κ3) is 1.96. The molecule has 0 saturated carbocycles. The highest BCUT2D eigenvalue weighted by Gasteiger charge is 2.11. The number of aromatic amines is 1. The van der Waals surface area contributed by atoms with Gasteiger partial charge >= 0.3 is 0 Å². The summed E-state index contributed by atoms with van der Waals surface area (Å²) >= 11 is 6.01. The van der Waals surface area contributed by atoms with Gasteiger partial charge in [-0.1, -0.05) is 11.6 Å². The summed E-state index contributed by atoms with van der Waals surface area (Å²) in [6, 6.07) is 12.2. The molecule has 4 rings (SSSR count). The average Bonchev–Trinajstić information content (AvgIpc) is 3.07. The molecule has 0 saturated heterocycles. The van der Waals surface area contributed by atoms with Crippen LogP contribution in [0.25, 0.3) is 33.3 Å². The topological polar surface area (TPSA) is 42.8 Å². The number of hydrogen-bond donors (Lipinski definition) is 1. The van der Waals surface area contributed by atoms with Crippen LogP contribution in [0.4, 0.5) is 0 Å². The number of aromatic nitrogens is 3. The van der Waals surface area contributed by atoms with Gasteiger partial charge in [0.2, 0.25) is 0 Å². The zero-order valence-corrected chi connectivity index (χ0v) is 13.0. The maximum Gasteiger partial charge on any atom is 0.137 e. The van der Waals surface area contributed by atoms with Crippen molar-refractivity contribution in [2.75, 3.05) is 7.11 Å². The maximum absolute atomic E-state index is 6.01. The molecule has 22 heavy (non-hydrogen) atoms. The largest absolute Gasteiger partial charge is 0.497 e. The monoisotopic (exact) mass is 311 g/mol. The summed E-state index contributed by atoms with van der Waals surface area (Å²) in [6.45, 7) is 0. The first kappa shape index (κ1) is 13.2. The molecule has 0 aliphatic heterocycles. The van der Waals surface area contributed by atoms with Crippen LogP contribution in [0.5, 0.6) is 5.75 Å². The van der Waals surface area contributed by atoms with Crippen molar-refractivity contribution in [3.05, 3.63) is 47.6 Å². The van der Waals surface area contributed by atoms with Crippen LogP contribution in [-0.4, -0.2) is 21.6 Å². The molecule has 0 radical (unpaired) electrons. The van der Waals surface area contributed by atoms with Crippen LogP contribution in [0.1, 0.15) is 0 Å². The third-order valence-electron chi connectivity index (χ3n) is 3.96. The average molecular weight is 312 g/mol. The maximum atomic E-state index is 6.01. The normalized spacial score (nSPS) is 11.4. The summed E-state index contributed by atoms with van der Waals surface area (Å²) in [6.07, 6.45) is 1.65. The van der Waals surface area contributed by atoms with Crippen molar-refractivity contribution in [1.82, 2.24) is 14.5 Å². The van der Waals surface area contributed by atoms with E-state index in [1.165, 1.54) is 0 Å². The van der Waals surface area contributed by atoms with Crippen molar-refractivity contribution < 1.29 is 4.74 Å². The molecule has 1 aromatic carbocycles. The summed E-state index contributed by atoms with van der Waals surface area (Å²) in [5, 5.41) is 2.78. The minimum atomic E-state index is 0.639. The van der Waals surface area contributed by atoms with Crippen LogP contribution in [-0.2, 0) is 7.05 Å². The van der Waals surface area contributed by atoms with E-state index in [2.05, 4.69) is 39.8 Å². The molecule has 0 amide bonds. The number of aryl methyl sites for hydroxylation is 1. The van der Waals surface area contributed by atoms with Gasteiger partial charge in [0.1, 0.15) is 11.4 Å². The molecule has 0 bridgehead atoms. The molecule has 110 valence electrons. The molecule has 0 unspecified atom stereocenters. The summed E-state index contributed by atoms with van der Waals surface area (Å²) in [5.74, 6) is 0.856. The van der Waals surface area contributed by atoms with E-state index >= 15 is 0 Å². The standard InChI is InChI=1S/C17H14ClN3O/c1-21-15-4-3-13(22-2)6-10(15)8-16(21)14-7-11-5-12(18)9-19-17(11)20-14/h3-9H,1-2H3,(H,19,20). The lowest BCUT2D eigenvalue weighted by Crippen LogP contribution is -1.91. The molecule has 0 spiro atoms. The van der Waals surface area contributed by atoms with E-state index in [1.54, 1.807) is 13.3 Å². The highest BCUT2D eigenvalue weighted by molar-refractivity contribution is 6.31. The summed E-state index contributed by atoms with van der Waals surface area (Å²) in [7, 11) is 3.73. The Bertz CT molecular complexity index is 1000. The molecule has 4 nitrogen and oxygen atoms in total. The van der Waals surface area contributed by atoms with Gasteiger partial charge in [-0.15, -0.1) is 0 Å². The minimum absolute atomic E-state index is 0.639. The van der Waals surface area contributed by atoms with Crippen molar-refractivity contribution in [3.8, 4) is 17.1 Å². The Morgan fingerprint density at radius 1 is 1.14 bits per heavy atom. The van der Waals surface area contributed by atoms with Crippen LogP contribution < -0.4 is 4.74 Å². The lowest BCUT2D eigenvalue weighted by Gasteiger charge is -2.02. The third-order valence-corrected chi connectivity index (χ3v) is 4.17. The number of nitrogens with one attached hydrogen (secondary N) is 1. The predicted molar refractivity (Wildman–Crippen MR) is 89.6 cm³/mol. The molecule has 0 aliphatic carbocycles. The molecule has 5 heteroatoms.